The molecular weight excluding hydrogens is 422 g/mol. The third-order valence-corrected chi connectivity index (χ3v) is 6.89. The number of ether oxygens (including phenoxy) is 1. The van der Waals surface area contributed by atoms with Crippen molar-refractivity contribution in [2.45, 2.75) is 44.1 Å². The molecule has 0 spiro atoms. The summed E-state index contributed by atoms with van der Waals surface area (Å²) in [5.74, 6) is 0.585. The number of carbonyl (C=O) groups is 1. The Bertz CT molecular complexity index is 948. The van der Waals surface area contributed by atoms with Gasteiger partial charge in [0.15, 0.2) is 0 Å². The molecule has 1 saturated carbocycles. The maximum absolute atomic E-state index is 13.3. The molecule has 2 atom stereocenters. The minimum atomic E-state index is -0.651. The van der Waals surface area contributed by atoms with E-state index in [0.29, 0.717) is 17.4 Å². The number of benzene rings is 2. The predicted octanol–water partition coefficient (Wildman–Crippen LogP) is 5.15. The van der Waals surface area contributed by atoms with Crippen molar-refractivity contribution in [2.75, 3.05) is 26.7 Å². The van der Waals surface area contributed by atoms with Crippen LogP contribution in [0.4, 0.5) is 8.78 Å². The normalized spacial score (nSPS) is 22.0. The molecule has 4 nitrogen and oxygen atoms in total. The Morgan fingerprint density at radius 1 is 1.06 bits per heavy atom. The van der Waals surface area contributed by atoms with E-state index in [1.54, 1.807) is 7.11 Å². The molecule has 2 unspecified atom stereocenters. The Labute approximate surface area is 194 Å². The summed E-state index contributed by atoms with van der Waals surface area (Å²) in [6.07, 6.45) is 8.21. The van der Waals surface area contributed by atoms with Crippen LogP contribution in [-0.4, -0.2) is 43.6 Å². The topological polar surface area (TPSA) is 41.6 Å². The quantitative estimate of drug-likeness (QED) is 0.589. The number of nitrogens with one attached hydrogen (secondary N) is 1. The lowest BCUT2D eigenvalue weighted by atomic mass is 9.89. The van der Waals surface area contributed by atoms with E-state index in [0.717, 1.165) is 50.7 Å². The monoisotopic (exact) mass is 454 g/mol. The number of halogens is 2. The van der Waals surface area contributed by atoms with Crippen molar-refractivity contribution in [2.24, 2.45) is 5.92 Å². The van der Waals surface area contributed by atoms with E-state index in [4.69, 9.17) is 4.74 Å². The molecule has 33 heavy (non-hydrogen) atoms. The lowest BCUT2D eigenvalue weighted by molar-refractivity contribution is -0.117. The Morgan fingerprint density at radius 2 is 1.76 bits per heavy atom. The average molecular weight is 455 g/mol. The predicted molar refractivity (Wildman–Crippen MR) is 126 cm³/mol. The summed E-state index contributed by atoms with van der Waals surface area (Å²) in [5.41, 5.74) is 1.73. The van der Waals surface area contributed by atoms with Crippen molar-refractivity contribution >= 4 is 12.0 Å². The number of piperidine rings is 1. The van der Waals surface area contributed by atoms with Gasteiger partial charge in [0.2, 0.25) is 5.91 Å². The Kier molecular flexibility index (Phi) is 7.76. The molecule has 1 amide bonds. The van der Waals surface area contributed by atoms with Crippen LogP contribution in [0, 0.1) is 17.6 Å². The molecule has 1 aliphatic carbocycles. The average Bonchev–Trinajstić information content (AvgIpc) is 3.24. The van der Waals surface area contributed by atoms with Crippen LogP contribution in [0.3, 0.4) is 0 Å². The van der Waals surface area contributed by atoms with Gasteiger partial charge in [-0.15, -0.1) is 0 Å². The molecule has 1 heterocycles. The molecular formula is C27H32F2N2O2. The molecule has 6 heteroatoms. The van der Waals surface area contributed by atoms with Gasteiger partial charge in [0.1, 0.15) is 17.4 Å². The van der Waals surface area contributed by atoms with E-state index in [2.05, 4.69) is 22.3 Å². The fourth-order valence-electron chi connectivity index (χ4n) is 5.15. The first-order valence-corrected chi connectivity index (χ1v) is 11.8. The largest absolute Gasteiger partial charge is 0.497 e. The summed E-state index contributed by atoms with van der Waals surface area (Å²) < 4.78 is 31.8. The van der Waals surface area contributed by atoms with Gasteiger partial charge in [0, 0.05) is 24.7 Å². The standard InChI is InChI=1S/C27H32F2N2O2/c1-33-26-7-4-21(5-8-26)22-10-12-31(13-11-22)18-20-2-6-25(16-20)30-27(32)9-3-19-14-23(28)17-24(29)15-19/h3-5,7-9,14-15,17,20,22,25H,2,6,10-13,16,18H2,1H3,(H,30,32)/b9-3+. The van der Waals surface area contributed by atoms with Gasteiger partial charge >= 0.3 is 0 Å². The zero-order chi connectivity index (χ0) is 23.2. The Morgan fingerprint density at radius 3 is 2.42 bits per heavy atom. The number of hydrogen-bond donors (Lipinski definition) is 1. The van der Waals surface area contributed by atoms with Gasteiger partial charge in [0.05, 0.1) is 7.11 Å². The van der Waals surface area contributed by atoms with Crippen LogP contribution in [0.2, 0.25) is 0 Å². The van der Waals surface area contributed by atoms with Gasteiger partial charge in [-0.3, -0.25) is 4.79 Å². The number of likely N-dealkylation sites (tertiary alicyclic amines) is 1. The number of methoxy groups -OCH3 is 1. The first-order valence-electron chi connectivity index (χ1n) is 11.8. The highest BCUT2D eigenvalue weighted by atomic mass is 19.1. The van der Waals surface area contributed by atoms with Gasteiger partial charge in [-0.05, 0) is 98.5 Å². The number of nitrogens with zero attached hydrogens (tertiary/aromatic N) is 1. The molecule has 2 fully saturated rings. The van der Waals surface area contributed by atoms with E-state index in [1.807, 2.05) is 12.1 Å². The summed E-state index contributed by atoms with van der Waals surface area (Å²) in [7, 11) is 1.69. The van der Waals surface area contributed by atoms with Gasteiger partial charge < -0.3 is 15.0 Å². The van der Waals surface area contributed by atoms with Crippen LogP contribution in [-0.2, 0) is 4.79 Å². The molecule has 1 N–H and O–H groups in total. The molecule has 0 bridgehead atoms. The zero-order valence-electron chi connectivity index (χ0n) is 19.1. The van der Waals surface area contributed by atoms with Crippen molar-refractivity contribution in [3.05, 3.63) is 71.3 Å². The molecule has 1 aliphatic heterocycles. The smallest absolute Gasteiger partial charge is 0.244 e. The fraction of sp³-hybridized carbons (Fsp3) is 0.444. The molecule has 4 rings (SSSR count). The summed E-state index contributed by atoms with van der Waals surface area (Å²) in [5, 5.41) is 3.04. The second-order valence-corrected chi connectivity index (χ2v) is 9.27. The van der Waals surface area contributed by atoms with Crippen molar-refractivity contribution in [3.8, 4) is 5.75 Å². The molecule has 2 aromatic rings. The molecule has 1 saturated heterocycles. The highest BCUT2D eigenvalue weighted by Crippen LogP contribution is 2.32. The van der Waals surface area contributed by atoms with Crippen LogP contribution < -0.4 is 10.1 Å². The number of rotatable bonds is 7. The third kappa shape index (κ3) is 6.64. The van der Waals surface area contributed by atoms with Crippen LogP contribution >= 0.6 is 0 Å². The molecule has 2 aromatic carbocycles. The van der Waals surface area contributed by atoms with E-state index >= 15 is 0 Å². The van der Waals surface area contributed by atoms with Gasteiger partial charge in [0.25, 0.3) is 0 Å². The third-order valence-electron chi connectivity index (χ3n) is 6.89. The maximum atomic E-state index is 13.3. The second-order valence-electron chi connectivity index (χ2n) is 9.27. The van der Waals surface area contributed by atoms with E-state index in [1.165, 1.54) is 42.7 Å². The first kappa shape index (κ1) is 23.4. The summed E-state index contributed by atoms with van der Waals surface area (Å²) >= 11 is 0. The molecule has 0 radical (unpaired) electrons. The van der Waals surface area contributed by atoms with Gasteiger partial charge in [-0.1, -0.05) is 12.1 Å². The minimum absolute atomic E-state index is 0.160. The lowest BCUT2D eigenvalue weighted by Crippen LogP contribution is -2.37. The van der Waals surface area contributed by atoms with Gasteiger partial charge in [-0.2, -0.15) is 0 Å². The van der Waals surface area contributed by atoms with E-state index in [9.17, 15) is 13.6 Å². The van der Waals surface area contributed by atoms with Crippen molar-refractivity contribution in [1.29, 1.82) is 0 Å². The highest BCUT2D eigenvalue weighted by Gasteiger charge is 2.29. The van der Waals surface area contributed by atoms with Crippen molar-refractivity contribution < 1.29 is 18.3 Å². The second kappa shape index (κ2) is 10.9. The fourth-order valence-corrected chi connectivity index (χ4v) is 5.15. The zero-order valence-corrected chi connectivity index (χ0v) is 19.1. The summed E-state index contributed by atoms with van der Waals surface area (Å²) in [4.78, 5) is 14.8. The van der Waals surface area contributed by atoms with Crippen LogP contribution in [0.25, 0.3) is 6.08 Å². The first-order chi connectivity index (χ1) is 16.0. The number of amides is 1. The van der Waals surface area contributed by atoms with Crippen LogP contribution in [0.15, 0.2) is 48.5 Å². The molecule has 176 valence electrons. The molecule has 0 aromatic heterocycles. The summed E-state index contributed by atoms with van der Waals surface area (Å²) in [6, 6.07) is 11.8. The SMILES string of the molecule is COc1ccc(C2CCN(CC3CCC(NC(=O)/C=C/c4cc(F)cc(F)c4)C3)CC2)cc1. The van der Waals surface area contributed by atoms with Gasteiger partial charge in [-0.25, -0.2) is 8.78 Å². The number of carbonyl (C=O) groups excluding carboxylic acids is 1. The summed E-state index contributed by atoms with van der Waals surface area (Å²) in [6.45, 7) is 3.30. The Hall–Kier alpha value is -2.73. The van der Waals surface area contributed by atoms with Crippen LogP contribution in [0.5, 0.6) is 5.75 Å². The molecule has 2 aliphatic rings. The van der Waals surface area contributed by atoms with E-state index < -0.39 is 11.6 Å². The highest BCUT2D eigenvalue weighted by molar-refractivity contribution is 5.91. The van der Waals surface area contributed by atoms with E-state index in [-0.39, 0.29) is 11.9 Å². The van der Waals surface area contributed by atoms with Crippen molar-refractivity contribution in [3.63, 3.8) is 0 Å². The van der Waals surface area contributed by atoms with Crippen molar-refractivity contribution in [1.82, 2.24) is 10.2 Å². The number of hydrogen-bond acceptors (Lipinski definition) is 3. The maximum Gasteiger partial charge on any atom is 0.244 e. The lowest BCUT2D eigenvalue weighted by Gasteiger charge is -2.33. The van der Waals surface area contributed by atoms with Crippen LogP contribution in [0.1, 0.15) is 49.1 Å². The minimum Gasteiger partial charge on any atom is -0.497 e. The Balaban J connectivity index is 1.19.